The first-order chi connectivity index (χ1) is 11.6. The predicted octanol–water partition coefficient (Wildman–Crippen LogP) is 2.26. The van der Waals surface area contributed by atoms with Crippen LogP contribution in [0.1, 0.15) is 30.6 Å². The van der Waals surface area contributed by atoms with Gasteiger partial charge in [0.15, 0.2) is 0 Å². The highest BCUT2D eigenvalue weighted by Crippen LogP contribution is 2.20. The van der Waals surface area contributed by atoms with Gasteiger partial charge in [-0.25, -0.2) is 4.79 Å². The van der Waals surface area contributed by atoms with Crippen molar-refractivity contribution in [3.05, 3.63) is 40.2 Å². The van der Waals surface area contributed by atoms with Crippen LogP contribution in [0.4, 0.5) is 0 Å². The Kier molecular flexibility index (Phi) is 6.37. The molecule has 1 aromatic heterocycles. The molecule has 1 N–H and O–H groups in total. The quantitative estimate of drug-likeness (QED) is 0.593. The summed E-state index contributed by atoms with van der Waals surface area (Å²) >= 11 is 0. The van der Waals surface area contributed by atoms with Crippen molar-refractivity contribution in [2.45, 2.75) is 20.3 Å². The minimum atomic E-state index is -0.631. The van der Waals surface area contributed by atoms with E-state index in [9.17, 15) is 9.59 Å². The molecule has 0 atom stereocenters. The van der Waals surface area contributed by atoms with E-state index in [4.69, 9.17) is 9.15 Å². The summed E-state index contributed by atoms with van der Waals surface area (Å²) in [6.07, 6.45) is 0.833. The zero-order chi connectivity index (χ0) is 17.5. The van der Waals surface area contributed by atoms with Gasteiger partial charge in [0.2, 0.25) is 0 Å². The van der Waals surface area contributed by atoms with Crippen molar-refractivity contribution < 1.29 is 13.9 Å². The van der Waals surface area contributed by atoms with E-state index < -0.39 is 11.5 Å². The highest BCUT2D eigenvalue weighted by atomic mass is 16.5. The van der Waals surface area contributed by atoms with Crippen molar-refractivity contribution in [1.29, 1.82) is 0 Å². The second-order valence-corrected chi connectivity index (χ2v) is 5.49. The van der Waals surface area contributed by atoms with E-state index in [0.29, 0.717) is 23.3 Å². The summed E-state index contributed by atoms with van der Waals surface area (Å²) in [5.41, 5.74) is -0.189. The third-order valence-corrected chi connectivity index (χ3v) is 4.02. The van der Waals surface area contributed by atoms with Crippen LogP contribution in [0.5, 0.6) is 5.75 Å². The Morgan fingerprint density at radius 1 is 1.25 bits per heavy atom. The normalized spacial score (nSPS) is 11.0. The zero-order valence-electron chi connectivity index (χ0n) is 14.4. The van der Waals surface area contributed by atoms with Crippen LogP contribution in [-0.4, -0.2) is 44.1 Å². The van der Waals surface area contributed by atoms with E-state index in [0.717, 1.165) is 26.1 Å². The third kappa shape index (κ3) is 4.35. The number of nitrogens with zero attached hydrogens (tertiary/aromatic N) is 1. The standard InChI is InChI=1S/C18H24N2O4/c1-4-20(5-2)10-6-9-19-17(21)15-12-13-11-14(23-3)7-8-16(13)24-18(15)22/h7-8,11-12H,4-6,9-10H2,1-3H3,(H,19,21). The molecule has 1 aromatic carbocycles. The summed E-state index contributed by atoms with van der Waals surface area (Å²) in [5.74, 6) is 0.231. The lowest BCUT2D eigenvalue weighted by atomic mass is 10.1. The number of benzene rings is 1. The van der Waals surface area contributed by atoms with E-state index >= 15 is 0 Å². The topological polar surface area (TPSA) is 71.8 Å². The Morgan fingerprint density at radius 2 is 2.00 bits per heavy atom. The number of hydrogen-bond acceptors (Lipinski definition) is 5. The van der Waals surface area contributed by atoms with Gasteiger partial charge in [-0.05, 0) is 50.3 Å². The molecule has 24 heavy (non-hydrogen) atoms. The van der Waals surface area contributed by atoms with E-state index in [1.54, 1.807) is 31.4 Å². The molecule has 6 nitrogen and oxygen atoms in total. The molecule has 2 rings (SSSR count). The first-order valence-corrected chi connectivity index (χ1v) is 8.21. The lowest BCUT2D eigenvalue weighted by Gasteiger charge is -2.17. The van der Waals surface area contributed by atoms with Crippen molar-refractivity contribution in [3.63, 3.8) is 0 Å². The molecule has 0 aliphatic heterocycles. The Labute approximate surface area is 141 Å². The van der Waals surface area contributed by atoms with Crippen molar-refractivity contribution in [1.82, 2.24) is 10.2 Å². The SMILES string of the molecule is CCN(CC)CCCNC(=O)c1cc2cc(OC)ccc2oc1=O. The number of rotatable bonds is 8. The molecule has 0 aliphatic rings. The second kappa shape index (κ2) is 8.49. The van der Waals surface area contributed by atoms with Crippen molar-refractivity contribution in [2.24, 2.45) is 0 Å². The number of amides is 1. The Balaban J connectivity index is 2.06. The summed E-state index contributed by atoms with van der Waals surface area (Å²) in [5, 5.41) is 3.43. The highest BCUT2D eigenvalue weighted by Gasteiger charge is 2.13. The maximum atomic E-state index is 12.2. The van der Waals surface area contributed by atoms with Crippen LogP contribution in [0.15, 0.2) is 33.5 Å². The van der Waals surface area contributed by atoms with Gasteiger partial charge in [0.25, 0.3) is 5.91 Å². The van der Waals surface area contributed by atoms with Crippen LogP contribution in [0.3, 0.4) is 0 Å². The first-order valence-electron chi connectivity index (χ1n) is 8.21. The molecule has 0 unspecified atom stereocenters. The summed E-state index contributed by atoms with van der Waals surface area (Å²) < 4.78 is 10.4. The van der Waals surface area contributed by atoms with Crippen molar-refractivity contribution in [2.75, 3.05) is 33.3 Å². The summed E-state index contributed by atoms with van der Waals surface area (Å²) in [7, 11) is 1.56. The Bertz CT molecular complexity index is 750. The molecule has 130 valence electrons. The summed E-state index contributed by atoms with van der Waals surface area (Å²) in [6.45, 7) is 7.62. The fraction of sp³-hybridized carbons (Fsp3) is 0.444. The van der Waals surface area contributed by atoms with Gasteiger partial charge in [0, 0.05) is 11.9 Å². The van der Waals surface area contributed by atoms with Gasteiger partial charge in [-0.2, -0.15) is 0 Å². The van der Waals surface area contributed by atoms with Crippen molar-refractivity contribution in [3.8, 4) is 5.75 Å². The molecule has 0 aliphatic carbocycles. The number of carbonyl (C=O) groups excluding carboxylic acids is 1. The van der Waals surface area contributed by atoms with Crippen LogP contribution in [-0.2, 0) is 0 Å². The van der Waals surface area contributed by atoms with Crippen molar-refractivity contribution >= 4 is 16.9 Å². The highest BCUT2D eigenvalue weighted by molar-refractivity contribution is 5.96. The minimum Gasteiger partial charge on any atom is -0.497 e. The van der Waals surface area contributed by atoms with E-state index in [-0.39, 0.29) is 5.56 Å². The number of carbonyl (C=O) groups is 1. The number of hydrogen-bond donors (Lipinski definition) is 1. The molecule has 2 aromatic rings. The monoisotopic (exact) mass is 332 g/mol. The molecule has 1 amide bonds. The molecule has 0 saturated carbocycles. The van der Waals surface area contributed by atoms with E-state index in [2.05, 4.69) is 24.1 Å². The molecule has 0 radical (unpaired) electrons. The lowest BCUT2D eigenvalue weighted by molar-refractivity contribution is 0.0948. The van der Waals surface area contributed by atoms with Crippen LogP contribution in [0, 0.1) is 0 Å². The molecule has 0 fully saturated rings. The molecule has 6 heteroatoms. The average Bonchev–Trinajstić information content (AvgIpc) is 2.60. The number of nitrogens with one attached hydrogen (secondary N) is 1. The van der Waals surface area contributed by atoms with Gasteiger partial charge in [0.1, 0.15) is 16.9 Å². The average molecular weight is 332 g/mol. The molecular weight excluding hydrogens is 308 g/mol. The fourth-order valence-corrected chi connectivity index (χ4v) is 2.53. The van der Waals surface area contributed by atoms with Gasteiger partial charge >= 0.3 is 5.63 Å². The number of methoxy groups -OCH3 is 1. The van der Waals surface area contributed by atoms with Gasteiger partial charge in [-0.15, -0.1) is 0 Å². The Hall–Kier alpha value is -2.34. The van der Waals surface area contributed by atoms with Gasteiger partial charge < -0.3 is 19.4 Å². The van der Waals surface area contributed by atoms with Crippen LogP contribution in [0.2, 0.25) is 0 Å². The van der Waals surface area contributed by atoms with Crippen LogP contribution >= 0.6 is 0 Å². The second-order valence-electron chi connectivity index (χ2n) is 5.49. The minimum absolute atomic E-state index is 0.0126. The lowest BCUT2D eigenvalue weighted by Crippen LogP contribution is -2.32. The summed E-state index contributed by atoms with van der Waals surface area (Å²) in [4.78, 5) is 26.5. The van der Waals surface area contributed by atoms with Gasteiger partial charge in [0.05, 0.1) is 7.11 Å². The molecule has 0 saturated heterocycles. The maximum absolute atomic E-state index is 12.2. The largest absolute Gasteiger partial charge is 0.497 e. The number of fused-ring (bicyclic) bond motifs is 1. The smallest absolute Gasteiger partial charge is 0.349 e. The van der Waals surface area contributed by atoms with Crippen LogP contribution in [0.25, 0.3) is 11.0 Å². The molecule has 1 heterocycles. The summed E-state index contributed by atoms with van der Waals surface area (Å²) in [6, 6.07) is 6.64. The van der Waals surface area contributed by atoms with Crippen LogP contribution < -0.4 is 15.7 Å². The Morgan fingerprint density at radius 3 is 2.67 bits per heavy atom. The molecule has 0 spiro atoms. The molecular formula is C18H24N2O4. The van der Waals surface area contributed by atoms with E-state index in [1.807, 2.05) is 0 Å². The first kappa shape index (κ1) is 18.0. The number of ether oxygens (including phenoxy) is 1. The predicted molar refractivity (Wildman–Crippen MR) is 93.8 cm³/mol. The fourth-order valence-electron chi connectivity index (χ4n) is 2.53. The third-order valence-electron chi connectivity index (χ3n) is 4.02. The zero-order valence-corrected chi connectivity index (χ0v) is 14.4. The van der Waals surface area contributed by atoms with Gasteiger partial charge in [-0.1, -0.05) is 13.8 Å². The molecule has 0 bridgehead atoms. The van der Waals surface area contributed by atoms with E-state index in [1.165, 1.54) is 0 Å². The van der Waals surface area contributed by atoms with Gasteiger partial charge in [-0.3, -0.25) is 4.79 Å². The maximum Gasteiger partial charge on any atom is 0.349 e.